The average molecular weight is 548 g/mol. The van der Waals surface area contributed by atoms with Crippen molar-refractivity contribution < 1.29 is 13.2 Å². The number of benzene rings is 2. The summed E-state index contributed by atoms with van der Waals surface area (Å²) in [5.74, 6) is 0.799. The van der Waals surface area contributed by atoms with Crippen LogP contribution in [0.3, 0.4) is 0 Å². The fourth-order valence-electron chi connectivity index (χ4n) is 4.69. The highest BCUT2D eigenvalue weighted by Gasteiger charge is 2.23. The van der Waals surface area contributed by atoms with Gasteiger partial charge in [0.25, 0.3) is 10.0 Å². The molecule has 39 heavy (non-hydrogen) atoms. The van der Waals surface area contributed by atoms with Crippen LogP contribution in [0.15, 0.2) is 59.8 Å². The molecule has 3 heterocycles. The summed E-state index contributed by atoms with van der Waals surface area (Å²) in [6.45, 7) is 9.88. The minimum atomic E-state index is -3.96. The maximum Gasteiger partial charge on any atom is 0.267 e. The number of piperazine rings is 1. The number of likely N-dealkylation sites (N-methyl/N-ethyl adjacent to an activating group) is 1. The number of nitrogens with one attached hydrogen (secondary N) is 1. The maximum absolute atomic E-state index is 13.1. The monoisotopic (exact) mass is 547 g/mol. The first-order chi connectivity index (χ1) is 18.6. The van der Waals surface area contributed by atoms with E-state index in [0.717, 1.165) is 48.6 Å². The molecule has 0 spiro atoms. The average Bonchev–Trinajstić information content (AvgIpc) is 3.35. The van der Waals surface area contributed by atoms with E-state index < -0.39 is 10.0 Å². The van der Waals surface area contributed by atoms with E-state index in [9.17, 15) is 8.42 Å². The van der Waals surface area contributed by atoms with Gasteiger partial charge in [-0.3, -0.25) is 4.68 Å². The van der Waals surface area contributed by atoms with Crippen LogP contribution in [0.4, 0.5) is 11.6 Å². The van der Waals surface area contributed by atoms with E-state index in [0.29, 0.717) is 17.0 Å². The summed E-state index contributed by atoms with van der Waals surface area (Å²) in [5, 5.41) is 3.97. The van der Waals surface area contributed by atoms with Gasteiger partial charge in [0.1, 0.15) is 10.6 Å². The zero-order valence-electron chi connectivity index (χ0n) is 22.8. The highest BCUT2D eigenvalue weighted by molar-refractivity contribution is 7.92. The number of aryl methyl sites for hydroxylation is 3. The Kier molecular flexibility index (Phi) is 7.28. The normalized spacial score (nSPS) is 14.4. The molecule has 10 nitrogen and oxygen atoms in total. The third kappa shape index (κ3) is 5.74. The lowest BCUT2D eigenvalue weighted by atomic mass is 9.97. The van der Waals surface area contributed by atoms with E-state index in [1.807, 2.05) is 63.2 Å². The Morgan fingerprint density at radius 3 is 2.18 bits per heavy atom. The molecule has 5 rings (SSSR count). The third-order valence-corrected chi connectivity index (χ3v) is 8.24. The Hall–Kier alpha value is -3.96. The van der Waals surface area contributed by atoms with E-state index in [1.165, 1.54) is 17.1 Å². The molecule has 1 N–H and O–H groups in total. The van der Waals surface area contributed by atoms with Crippen LogP contribution < -0.4 is 14.4 Å². The molecule has 0 saturated carbocycles. The van der Waals surface area contributed by atoms with E-state index in [2.05, 4.69) is 36.6 Å². The fraction of sp³-hybridized carbons (Fsp3) is 0.321. The number of anilines is 2. The van der Waals surface area contributed by atoms with Crippen molar-refractivity contribution in [1.29, 1.82) is 0 Å². The zero-order chi connectivity index (χ0) is 27.7. The lowest BCUT2D eigenvalue weighted by Gasteiger charge is -2.34. The van der Waals surface area contributed by atoms with Gasteiger partial charge in [0.2, 0.25) is 11.8 Å². The Bertz CT molecular complexity index is 1570. The number of rotatable bonds is 7. The van der Waals surface area contributed by atoms with Crippen LogP contribution in [0.5, 0.6) is 11.6 Å². The van der Waals surface area contributed by atoms with Crippen LogP contribution in [0, 0.1) is 20.8 Å². The number of hydrogen-bond acceptors (Lipinski definition) is 8. The van der Waals surface area contributed by atoms with Crippen molar-refractivity contribution >= 4 is 21.7 Å². The van der Waals surface area contributed by atoms with Crippen LogP contribution in [-0.4, -0.2) is 66.3 Å². The summed E-state index contributed by atoms with van der Waals surface area (Å²) in [6, 6.07) is 13.9. The first kappa shape index (κ1) is 26.6. The topological polar surface area (TPSA) is 105 Å². The van der Waals surface area contributed by atoms with Gasteiger partial charge in [-0.2, -0.15) is 10.1 Å². The standard InChI is InChI=1S/C28H33N7O3S/c1-19-7-6-8-20(2)25(19)26-21(3)27(31-28(30-26)32-39(36,37)24-17-29-34(5)18-24)38-23-11-9-22(10-12-23)35-15-13-33(4)14-16-35/h6-12,17-18H,13-16H2,1-5H3,(H,30,31,32). The Morgan fingerprint density at radius 2 is 1.56 bits per heavy atom. The minimum absolute atomic E-state index is 0.0183. The van der Waals surface area contributed by atoms with Crippen LogP contribution in [0.2, 0.25) is 0 Å². The van der Waals surface area contributed by atoms with Gasteiger partial charge in [0.15, 0.2) is 0 Å². The van der Waals surface area contributed by atoms with Gasteiger partial charge in [-0.1, -0.05) is 18.2 Å². The van der Waals surface area contributed by atoms with Crippen molar-refractivity contribution in [3.63, 3.8) is 0 Å². The summed E-state index contributed by atoms with van der Waals surface area (Å²) in [7, 11) is -0.170. The molecule has 2 aromatic heterocycles. The smallest absolute Gasteiger partial charge is 0.267 e. The number of sulfonamides is 1. The lowest BCUT2D eigenvalue weighted by molar-refractivity contribution is 0.313. The first-order valence-electron chi connectivity index (χ1n) is 12.8. The predicted molar refractivity (Wildman–Crippen MR) is 152 cm³/mol. The predicted octanol–water partition coefficient (Wildman–Crippen LogP) is 4.15. The van der Waals surface area contributed by atoms with Gasteiger partial charge in [0.05, 0.1) is 11.9 Å². The minimum Gasteiger partial charge on any atom is -0.439 e. The summed E-state index contributed by atoms with van der Waals surface area (Å²) >= 11 is 0. The molecule has 2 aromatic carbocycles. The molecule has 1 aliphatic heterocycles. The molecule has 0 bridgehead atoms. The number of aromatic nitrogens is 4. The molecule has 4 aromatic rings. The molecule has 0 unspecified atom stereocenters. The van der Waals surface area contributed by atoms with Gasteiger partial charge in [-0.05, 0) is 63.2 Å². The van der Waals surface area contributed by atoms with Crippen molar-refractivity contribution in [1.82, 2.24) is 24.6 Å². The lowest BCUT2D eigenvalue weighted by Crippen LogP contribution is -2.44. The molecule has 1 saturated heterocycles. The number of nitrogens with zero attached hydrogens (tertiary/aromatic N) is 6. The second kappa shape index (κ2) is 10.7. The molecule has 11 heteroatoms. The summed E-state index contributed by atoms with van der Waals surface area (Å²) in [5.41, 5.74) is 5.39. The molecule has 0 aliphatic carbocycles. The van der Waals surface area contributed by atoms with Crippen LogP contribution in [-0.2, 0) is 17.1 Å². The zero-order valence-corrected chi connectivity index (χ0v) is 23.7. The van der Waals surface area contributed by atoms with E-state index in [1.54, 1.807) is 7.05 Å². The maximum atomic E-state index is 13.1. The van der Waals surface area contributed by atoms with E-state index in [-0.39, 0.29) is 16.7 Å². The van der Waals surface area contributed by atoms with E-state index in [4.69, 9.17) is 4.74 Å². The summed E-state index contributed by atoms with van der Waals surface area (Å²) < 4.78 is 36.3. The Morgan fingerprint density at radius 1 is 0.897 bits per heavy atom. The van der Waals surface area contributed by atoms with E-state index >= 15 is 0 Å². The highest BCUT2D eigenvalue weighted by Crippen LogP contribution is 2.35. The fourth-order valence-corrected chi connectivity index (χ4v) is 5.62. The molecule has 0 amide bonds. The van der Waals surface area contributed by atoms with Gasteiger partial charge >= 0.3 is 0 Å². The van der Waals surface area contributed by atoms with Crippen LogP contribution in [0.25, 0.3) is 11.3 Å². The molecule has 1 aliphatic rings. The number of hydrogen-bond donors (Lipinski definition) is 1. The van der Waals surface area contributed by atoms with Gasteiger partial charge in [0, 0.05) is 56.2 Å². The van der Waals surface area contributed by atoms with Gasteiger partial charge in [-0.15, -0.1) is 0 Å². The van der Waals surface area contributed by atoms with Crippen molar-refractivity contribution in [2.24, 2.45) is 7.05 Å². The third-order valence-electron chi connectivity index (χ3n) is 6.96. The molecule has 1 fully saturated rings. The SMILES string of the molecule is Cc1cccc(C)c1-c1nc(NS(=O)(=O)c2cnn(C)c2)nc(Oc2ccc(N3CCN(C)CC3)cc2)c1C. The van der Waals surface area contributed by atoms with Gasteiger partial charge < -0.3 is 14.5 Å². The molecular formula is C28H33N7O3S. The molecular weight excluding hydrogens is 514 g/mol. The molecule has 204 valence electrons. The number of ether oxygens (including phenoxy) is 1. The largest absolute Gasteiger partial charge is 0.439 e. The molecule has 0 radical (unpaired) electrons. The molecule has 0 atom stereocenters. The van der Waals surface area contributed by atoms with Gasteiger partial charge in [-0.25, -0.2) is 18.1 Å². The van der Waals surface area contributed by atoms with Crippen LogP contribution in [0.1, 0.15) is 16.7 Å². The Balaban J connectivity index is 1.51. The second-order valence-corrected chi connectivity index (χ2v) is 11.6. The quantitative estimate of drug-likeness (QED) is 0.368. The second-order valence-electron chi connectivity index (χ2n) is 9.93. The summed E-state index contributed by atoms with van der Waals surface area (Å²) in [6.07, 6.45) is 2.70. The van der Waals surface area contributed by atoms with Crippen molar-refractivity contribution in [3.8, 4) is 22.9 Å². The van der Waals surface area contributed by atoms with Crippen molar-refractivity contribution in [2.75, 3.05) is 42.8 Å². The van der Waals surface area contributed by atoms with Crippen molar-refractivity contribution in [3.05, 3.63) is 71.5 Å². The van der Waals surface area contributed by atoms with Crippen LogP contribution >= 0.6 is 0 Å². The summed E-state index contributed by atoms with van der Waals surface area (Å²) in [4.78, 5) is 13.8. The first-order valence-corrected chi connectivity index (χ1v) is 14.3. The van der Waals surface area contributed by atoms with Crippen molar-refractivity contribution in [2.45, 2.75) is 25.7 Å². The highest BCUT2D eigenvalue weighted by atomic mass is 32.2. The Labute approximate surface area is 229 Å².